The van der Waals surface area contributed by atoms with Crippen molar-refractivity contribution in [3.8, 4) is 22.5 Å². The van der Waals surface area contributed by atoms with Crippen LogP contribution in [-0.2, 0) is 6.42 Å². The Balaban J connectivity index is 1.49. The van der Waals surface area contributed by atoms with Gasteiger partial charge in [0.15, 0.2) is 17.5 Å². The number of halogens is 2. The number of anilines is 2. The molecule has 0 fully saturated rings. The Hall–Kier alpha value is -4.19. The summed E-state index contributed by atoms with van der Waals surface area (Å²) >= 11 is 0. The van der Waals surface area contributed by atoms with Crippen LogP contribution in [0.3, 0.4) is 0 Å². The monoisotopic (exact) mass is 450 g/mol. The smallest absolute Gasteiger partial charge is 0.166 e. The van der Waals surface area contributed by atoms with Gasteiger partial charge >= 0.3 is 0 Å². The summed E-state index contributed by atoms with van der Waals surface area (Å²) in [6, 6.07) is 20.0. The van der Waals surface area contributed by atoms with E-state index in [1.165, 1.54) is 6.07 Å². The fraction of sp³-hybridized carbons (Fsp3) is 0.107. The Morgan fingerprint density at radius 1 is 0.882 bits per heavy atom. The Labute approximate surface area is 195 Å². The Morgan fingerprint density at radius 2 is 1.79 bits per heavy atom. The third-order valence-electron chi connectivity index (χ3n) is 6.24. The van der Waals surface area contributed by atoms with Crippen LogP contribution in [0.15, 0.2) is 79.1 Å². The maximum Gasteiger partial charge on any atom is 0.166 e. The highest BCUT2D eigenvalue weighted by Crippen LogP contribution is 2.40. The number of aromatic nitrogens is 3. The predicted molar refractivity (Wildman–Crippen MR) is 130 cm³/mol. The highest BCUT2D eigenvalue weighted by Gasteiger charge is 2.25. The molecule has 0 amide bonds. The number of benzene rings is 3. The molecule has 6 heteroatoms. The fourth-order valence-electron chi connectivity index (χ4n) is 4.57. The second-order valence-corrected chi connectivity index (χ2v) is 8.48. The molecule has 0 radical (unpaired) electrons. The van der Waals surface area contributed by atoms with Gasteiger partial charge in [-0.15, -0.1) is 0 Å². The molecule has 6 rings (SSSR count). The van der Waals surface area contributed by atoms with E-state index in [0.717, 1.165) is 58.1 Å². The number of hydrogen-bond acceptors (Lipinski definition) is 4. The number of fused-ring (bicyclic) bond motifs is 2. The van der Waals surface area contributed by atoms with Crippen molar-refractivity contribution in [3.05, 3.63) is 102 Å². The SMILES string of the molecule is Cc1ccc2nc(-c3cccnc3)nc(N3CCc4cc(-c5cccc(F)c5F)ccc43)c2c1. The third kappa shape index (κ3) is 3.39. The lowest BCUT2D eigenvalue weighted by molar-refractivity contribution is 0.511. The summed E-state index contributed by atoms with van der Waals surface area (Å²) in [5.41, 5.74) is 5.86. The normalized spacial score (nSPS) is 12.9. The van der Waals surface area contributed by atoms with Gasteiger partial charge in [-0.2, -0.15) is 0 Å². The van der Waals surface area contributed by atoms with Crippen LogP contribution < -0.4 is 4.90 Å². The quantitative estimate of drug-likeness (QED) is 0.309. The van der Waals surface area contributed by atoms with Gasteiger partial charge in [-0.1, -0.05) is 29.8 Å². The topological polar surface area (TPSA) is 41.9 Å². The minimum atomic E-state index is -0.842. The van der Waals surface area contributed by atoms with Crippen molar-refractivity contribution in [3.63, 3.8) is 0 Å². The zero-order valence-electron chi connectivity index (χ0n) is 18.5. The van der Waals surface area contributed by atoms with Crippen molar-refractivity contribution in [2.75, 3.05) is 11.4 Å². The van der Waals surface area contributed by atoms with Crippen molar-refractivity contribution < 1.29 is 8.78 Å². The highest BCUT2D eigenvalue weighted by molar-refractivity contribution is 5.94. The van der Waals surface area contributed by atoms with E-state index in [4.69, 9.17) is 9.97 Å². The number of hydrogen-bond donors (Lipinski definition) is 0. The molecule has 0 bridgehead atoms. The molecule has 0 saturated carbocycles. The molecule has 4 nitrogen and oxygen atoms in total. The molecule has 0 atom stereocenters. The lowest BCUT2D eigenvalue weighted by atomic mass is 10.0. The largest absolute Gasteiger partial charge is 0.325 e. The van der Waals surface area contributed by atoms with E-state index in [2.05, 4.69) is 22.9 Å². The van der Waals surface area contributed by atoms with Crippen molar-refractivity contribution in [1.29, 1.82) is 0 Å². The predicted octanol–water partition coefficient (Wildman–Crippen LogP) is 6.64. The van der Waals surface area contributed by atoms with Crippen molar-refractivity contribution in [2.24, 2.45) is 0 Å². The molecule has 5 aromatic rings. The summed E-state index contributed by atoms with van der Waals surface area (Å²) in [6.07, 6.45) is 4.26. The van der Waals surface area contributed by atoms with E-state index in [1.807, 2.05) is 42.5 Å². The Morgan fingerprint density at radius 3 is 2.65 bits per heavy atom. The van der Waals surface area contributed by atoms with Gasteiger partial charge in [0.05, 0.1) is 5.52 Å². The first kappa shape index (κ1) is 20.4. The van der Waals surface area contributed by atoms with Crippen LogP contribution in [0.4, 0.5) is 20.3 Å². The number of aryl methyl sites for hydroxylation is 1. The average Bonchev–Trinajstić information content (AvgIpc) is 3.29. The summed E-state index contributed by atoms with van der Waals surface area (Å²) in [7, 11) is 0. The lowest BCUT2D eigenvalue weighted by Crippen LogP contribution is -2.16. The third-order valence-corrected chi connectivity index (χ3v) is 6.24. The van der Waals surface area contributed by atoms with E-state index in [1.54, 1.807) is 18.5 Å². The zero-order valence-corrected chi connectivity index (χ0v) is 18.5. The summed E-state index contributed by atoms with van der Waals surface area (Å²) in [6.45, 7) is 2.78. The molecule has 166 valence electrons. The average molecular weight is 450 g/mol. The van der Waals surface area contributed by atoms with Gasteiger partial charge in [-0.3, -0.25) is 4.98 Å². The van der Waals surface area contributed by atoms with E-state index in [0.29, 0.717) is 11.4 Å². The minimum absolute atomic E-state index is 0.267. The Bertz CT molecular complexity index is 1550. The molecule has 1 aliphatic heterocycles. The Kier molecular flexibility index (Phi) is 4.80. The summed E-state index contributed by atoms with van der Waals surface area (Å²) < 4.78 is 28.2. The van der Waals surface area contributed by atoms with E-state index >= 15 is 0 Å². The van der Waals surface area contributed by atoms with Crippen LogP contribution in [0.5, 0.6) is 0 Å². The second-order valence-electron chi connectivity index (χ2n) is 8.48. The van der Waals surface area contributed by atoms with Gasteiger partial charge in [0.1, 0.15) is 5.82 Å². The van der Waals surface area contributed by atoms with Crippen molar-refractivity contribution in [2.45, 2.75) is 13.3 Å². The first-order valence-electron chi connectivity index (χ1n) is 11.1. The van der Waals surface area contributed by atoms with E-state index in [-0.39, 0.29) is 5.56 Å². The minimum Gasteiger partial charge on any atom is -0.325 e. The maximum absolute atomic E-state index is 14.4. The molecule has 34 heavy (non-hydrogen) atoms. The van der Waals surface area contributed by atoms with Gasteiger partial charge in [0, 0.05) is 41.1 Å². The molecule has 1 aliphatic rings. The number of pyridine rings is 1. The molecular weight excluding hydrogens is 430 g/mol. The van der Waals surface area contributed by atoms with Crippen molar-refractivity contribution in [1.82, 2.24) is 15.0 Å². The number of rotatable bonds is 3. The van der Waals surface area contributed by atoms with Gasteiger partial charge in [0.25, 0.3) is 0 Å². The first-order chi connectivity index (χ1) is 16.6. The summed E-state index contributed by atoms with van der Waals surface area (Å²) in [5.74, 6) is -0.219. The molecule has 2 aromatic heterocycles. The molecule has 0 N–H and O–H groups in total. The van der Waals surface area contributed by atoms with Crippen LogP contribution in [0.1, 0.15) is 11.1 Å². The van der Waals surface area contributed by atoms with E-state index in [9.17, 15) is 8.78 Å². The molecule has 0 aliphatic carbocycles. The molecule has 3 heterocycles. The van der Waals surface area contributed by atoms with Gasteiger partial charge in [0.2, 0.25) is 0 Å². The van der Waals surface area contributed by atoms with Crippen LogP contribution in [0.25, 0.3) is 33.4 Å². The molecule has 0 saturated heterocycles. The molecule has 0 unspecified atom stereocenters. The number of nitrogens with zero attached hydrogens (tertiary/aromatic N) is 4. The van der Waals surface area contributed by atoms with Gasteiger partial charge in [-0.05, 0) is 66.9 Å². The van der Waals surface area contributed by atoms with E-state index < -0.39 is 11.6 Å². The van der Waals surface area contributed by atoms with Crippen LogP contribution in [0, 0.1) is 18.6 Å². The zero-order chi connectivity index (χ0) is 23.2. The highest BCUT2D eigenvalue weighted by atomic mass is 19.2. The fourth-order valence-corrected chi connectivity index (χ4v) is 4.57. The first-order valence-corrected chi connectivity index (χ1v) is 11.1. The van der Waals surface area contributed by atoms with Crippen LogP contribution in [0.2, 0.25) is 0 Å². The van der Waals surface area contributed by atoms with Crippen LogP contribution in [-0.4, -0.2) is 21.5 Å². The van der Waals surface area contributed by atoms with Gasteiger partial charge < -0.3 is 4.90 Å². The lowest BCUT2D eigenvalue weighted by Gasteiger charge is -2.21. The standard InChI is InChI=1S/C28H20F2N4/c1-17-7-9-24-22(14-17)28(33-27(32-24)20-4-3-12-31-16-20)34-13-11-19-15-18(8-10-25(19)34)21-5-2-6-23(29)26(21)30/h2-10,12,14-16H,11,13H2,1H3. The van der Waals surface area contributed by atoms with Crippen molar-refractivity contribution >= 4 is 22.4 Å². The summed E-state index contributed by atoms with van der Waals surface area (Å²) in [4.78, 5) is 16.2. The van der Waals surface area contributed by atoms with Crippen LogP contribution >= 0.6 is 0 Å². The summed E-state index contributed by atoms with van der Waals surface area (Å²) in [5, 5.41) is 0.973. The van der Waals surface area contributed by atoms with Gasteiger partial charge in [-0.25, -0.2) is 18.7 Å². The maximum atomic E-state index is 14.4. The second kappa shape index (κ2) is 7.99. The molecule has 0 spiro atoms. The molecular formula is C28H20F2N4. The molecule has 3 aromatic carbocycles.